The first kappa shape index (κ1) is 34.9. The Labute approximate surface area is 238 Å². The third-order valence-corrected chi connectivity index (χ3v) is 6.61. The van der Waals surface area contributed by atoms with E-state index in [1.807, 2.05) is 41.5 Å². The van der Waals surface area contributed by atoms with Crippen molar-refractivity contribution in [3.05, 3.63) is 23.8 Å². The summed E-state index contributed by atoms with van der Waals surface area (Å²) in [7, 11) is 0. The van der Waals surface area contributed by atoms with E-state index in [0.717, 1.165) is 12.8 Å². The molecule has 1 aromatic carbocycles. The van der Waals surface area contributed by atoms with E-state index >= 15 is 0 Å². The van der Waals surface area contributed by atoms with Crippen LogP contribution >= 0.6 is 0 Å². The average Bonchev–Trinajstić information content (AvgIpc) is 2.88. The molecule has 10 heteroatoms. The Morgan fingerprint density at radius 3 is 1.88 bits per heavy atom. The molecule has 0 aliphatic carbocycles. The highest BCUT2D eigenvalue weighted by molar-refractivity contribution is 5.77. The highest BCUT2D eigenvalue weighted by atomic mass is 16.7. The van der Waals surface area contributed by atoms with E-state index in [2.05, 4.69) is 0 Å². The number of ether oxygens (including phenoxy) is 5. The number of carbonyl (C=O) groups is 4. The van der Waals surface area contributed by atoms with Crippen LogP contribution in [-0.2, 0) is 35.0 Å². The maximum Gasteiger partial charge on any atom is 0.508 e. The summed E-state index contributed by atoms with van der Waals surface area (Å²) >= 11 is 0. The van der Waals surface area contributed by atoms with Gasteiger partial charge in [-0.05, 0) is 55.7 Å². The Morgan fingerprint density at radius 1 is 0.800 bits per heavy atom. The van der Waals surface area contributed by atoms with Crippen molar-refractivity contribution in [1.29, 1.82) is 0 Å². The molecule has 0 heterocycles. The van der Waals surface area contributed by atoms with Crippen LogP contribution in [0.3, 0.4) is 0 Å². The van der Waals surface area contributed by atoms with Crippen LogP contribution in [0.1, 0.15) is 86.6 Å². The van der Waals surface area contributed by atoms with Crippen LogP contribution in [0.5, 0.6) is 11.5 Å². The summed E-state index contributed by atoms with van der Waals surface area (Å²) in [4.78, 5) is 49.2. The van der Waals surface area contributed by atoms with E-state index in [-0.39, 0.29) is 61.2 Å². The van der Waals surface area contributed by atoms with Crippen LogP contribution < -0.4 is 15.2 Å². The quantitative estimate of drug-likeness (QED) is 0.205. The van der Waals surface area contributed by atoms with Gasteiger partial charge < -0.3 is 29.4 Å². The Bertz CT molecular complexity index is 978. The Morgan fingerprint density at radius 2 is 1.35 bits per heavy atom. The molecule has 0 amide bonds. The Kier molecular flexibility index (Phi) is 15.3. The lowest BCUT2D eigenvalue weighted by molar-refractivity contribution is -0.152. The van der Waals surface area contributed by atoms with Crippen molar-refractivity contribution in [3.63, 3.8) is 0 Å². The molecular formula is C30H47NO9. The number of carbonyl (C=O) groups excluding carboxylic acids is 4. The fourth-order valence-electron chi connectivity index (χ4n) is 3.19. The van der Waals surface area contributed by atoms with Gasteiger partial charge in [-0.25, -0.2) is 4.79 Å². The van der Waals surface area contributed by atoms with Gasteiger partial charge in [0.15, 0.2) is 11.5 Å². The highest BCUT2D eigenvalue weighted by Gasteiger charge is 2.23. The van der Waals surface area contributed by atoms with Crippen LogP contribution in [0.15, 0.2) is 18.2 Å². The molecular weight excluding hydrogens is 518 g/mol. The first-order valence-electron chi connectivity index (χ1n) is 14.1. The number of hydrogen-bond donors (Lipinski definition) is 1. The second kappa shape index (κ2) is 17.5. The maximum absolute atomic E-state index is 12.6. The normalized spacial score (nSPS) is 14.8. The van der Waals surface area contributed by atoms with Crippen molar-refractivity contribution < 1.29 is 42.9 Å². The van der Waals surface area contributed by atoms with Gasteiger partial charge in [0.25, 0.3) is 0 Å². The second-order valence-corrected chi connectivity index (χ2v) is 10.9. The van der Waals surface area contributed by atoms with Gasteiger partial charge in [0.2, 0.25) is 0 Å². The fourth-order valence-corrected chi connectivity index (χ4v) is 3.19. The number of rotatable bonds is 16. The Hall–Kier alpha value is -3.14. The molecule has 0 spiro atoms. The molecule has 0 saturated heterocycles. The molecule has 0 fully saturated rings. The topological polar surface area (TPSA) is 140 Å². The number of benzene rings is 1. The van der Waals surface area contributed by atoms with Gasteiger partial charge >= 0.3 is 24.1 Å². The molecule has 1 aromatic rings. The molecule has 0 saturated carbocycles. The maximum atomic E-state index is 12.6. The minimum absolute atomic E-state index is 0.0668. The number of nitrogens with two attached hydrogens (primary N) is 1. The molecule has 0 radical (unpaired) electrons. The lowest BCUT2D eigenvalue weighted by Crippen LogP contribution is -2.37. The van der Waals surface area contributed by atoms with Gasteiger partial charge in [0, 0.05) is 12.8 Å². The lowest BCUT2D eigenvalue weighted by atomic mass is 10.0. The Balaban J connectivity index is 2.86. The van der Waals surface area contributed by atoms with Crippen LogP contribution in [0.4, 0.5) is 4.79 Å². The van der Waals surface area contributed by atoms with E-state index in [0.29, 0.717) is 5.56 Å². The third kappa shape index (κ3) is 13.3. The average molecular weight is 566 g/mol. The fraction of sp³-hybridized carbons (Fsp3) is 0.667. The molecule has 1 rings (SSSR count). The molecule has 0 aliphatic rings. The molecule has 226 valence electrons. The van der Waals surface area contributed by atoms with Crippen molar-refractivity contribution in [2.24, 2.45) is 23.5 Å². The smallest absolute Gasteiger partial charge is 0.458 e. The summed E-state index contributed by atoms with van der Waals surface area (Å²) in [6.07, 6.45) is 0.237. The zero-order valence-corrected chi connectivity index (χ0v) is 25.2. The predicted molar refractivity (Wildman–Crippen MR) is 150 cm³/mol. The zero-order chi connectivity index (χ0) is 30.4. The first-order valence-corrected chi connectivity index (χ1v) is 14.1. The molecule has 5 atom stereocenters. The van der Waals surface area contributed by atoms with Gasteiger partial charge in [0.1, 0.15) is 24.9 Å². The molecule has 2 N–H and O–H groups in total. The van der Waals surface area contributed by atoms with Crippen LogP contribution in [-0.4, -0.2) is 48.9 Å². The molecule has 0 bridgehead atoms. The summed E-state index contributed by atoms with van der Waals surface area (Å²) in [5.74, 6) is -0.967. The third-order valence-electron chi connectivity index (χ3n) is 6.61. The van der Waals surface area contributed by atoms with Crippen molar-refractivity contribution in [3.8, 4) is 11.5 Å². The monoisotopic (exact) mass is 565 g/mol. The van der Waals surface area contributed by atoms with E-state index in [4.69, 9.17) is 29.4 Å². The van der Waals surface area contributed by atoms with Crippen molar-refractivity contribution in [2.45, 2.75) is 106 Å². The molecule has 0 aliphatic heterocycles. The number of esters is 3. The van der Waals surface area contributed by atoms with Crippen LogP contribution in [0.25, 0.3) is 0 Å². The summed E-state index contributed by atoms with van der Waals surface area (Å²) in [6.45, 7) is 14.8. The summed E-state index contributed by atoms with van der Waals surface area (Å²) in [6, 6.07) is 3.65. The minimum atomic E-state index is -1.04. The van der Waals surface area contributed by atoms with Gasteiger partial charge in [0.05, 0.1) is 0 Å². The van der Waals surface area contributed by atoms with E-state index in [9.17, 15) is 19.2 Å². The summed E-state index contributed by atoms with van der Waals surface area (Å²) < 4.78 is 26.5. The summed E-state index contributed by atoms with van der Waals surface area (Å²) in [5, 5.41) is 0. The molecule has 10 nitrogen and oxygen atoms in total. The number of hydrogen-bond acceptors (Lipinski definition) is 10. The largest absolute Gasteiger partial charge is 0.508 e. The molecule has 40 heavy (non-hydrogen) atoms. The van der Waals surface area contributed by atoms with Gasteiger partial charge in [-0.15, -0.1) is 0 Å². The molecule has 3 unspecified atom stereocenters. The highest BCUT2D eigenvalue weighted by Crippen LogP contribution is 2.30. The van der Waals surface area contributed by atoms with E-state index in [1.165, 1.54) is 12.1 Å². The first-order chi connectivity index (χ1) is 18.7. The van der Waals surface area contributed by atoms with Crippen LogP contribution in [0, 0.1) is 17.8 Å². The van der Waals surface area contributed by atoms with Crippen molar-refractivity contribution in [2.75, 3.05) is 6.61 Å². The van der Waals surface area contributed by atoms with Gasteiger partial charge in [-0.1, -0.05) is 60.5 Å². The van der Waals surface area contributed by atoms with Gasteiger partial charge in [-0.3, -0.25) is 14.4 Å². The van der Waals surface area contributed by atoms with Crippen molar-refractivity contribution >= 4 is 24.1 Å². The van der Waals surface area contributed by atoms with Crippen molar-refractivity contribution in [1.82, 2.24) is 0 Å². The standard InChI is InChI=1S/C30H47NO9/c1-9-19(5)13-27(32)39-25-12-11-23(16-26(25)40-28(33)14-20(6)10-2)15-24(31)29(34)37-21(7)17-36-30(35)38-22(8)18(3)4/h11-12,16,18-22,24H,9-10,13-15,17,31H2,1-8H3/t19?,20?,21-,22?,24-/m0/s1. The van der Waals surface area contributed by atoms with E-state index in [1.54, 1.807) is 19.9 Å². The SMILES string of the molecule is CCC(C)CC(=O)Oc1ccc(C[C@H](N)C(=O)O[C@@H](C)COC(=O)OC(C)C(C)C)cc1OC(=O)CC(C)CC. The minimum Gasteiger partial charge on any atom is -0.458 e. The van der Waals surface area contributed by atoms with Crippen LogP contribution in [0.2, 0.25) is 0 Å². The second-order valence-electron chi connectivity index (χ2n) is 10.9. The zero-order valence-electron chi connectivity index (χ0n) is 25.2. The van der Waals surface area contributed by atoms with E-state index < -0.39 is 36.2 Å². The lowest BCUT2D eigenvalue weighted by Gasteiger charge is -2.19. The predicted octanol–water partition coefficient (Wildman–Crippen LogP) is 5.37. The van der Waals surface area contributed by atoms with Gasteiger partial charge in [-0.2, -0.15) is 0 Å². The summed E-state index contributed by atoms with van der Waals surface area (Å²) in [5.41, 5.74) is 6.65. The molecule has 0 aromatic heterocycles.